The normalized spacial score (nSPS) is 10.5. The van der Waals surface area contributed by atoms with E-state index in [0.717, 1.165) is 54.2 Å². The topological polar surface area (TPSA) is 59.1 Å². The predicted molar refractivity (Wildman–Crippen MR) is 116 cm³/mol. The average Bonchev–Trinajstić information content (AvgIpc) is 2.70. The summed E-state index contributed by atoms with van der Waals surface area (Å²) in [5.74, 6) is 3.27. The number of ether oxygens (including phenoxy) is 1. The number of methoxy groups -OCH3 is 1. The Morgan fingerprint density at radius 2 is 1.32 bits per heavy atom. The molecular formula is C22H25ClN4O. The zero-order valence-corrected chi connectivity index (χ0v) is 17.0. The number of benzene rings is 2. The molecule has 0 bridgehead atoms. The molecule has 0 atom stereocenters. The van der Waals surface area contributed by atoms with Crippen LogP contribution in [0.4, 0.5) is 11.6 Å². The Bertz CT molecular complexity index is 882. The Kier molecular flexibility index (Phi) is 7.09. The molecule has 28 heavy (non-hydrogen) atoms. The Labute approximate surface area is 171 Å². The number of nitrogens with zero attached hydrogens (tertiary/aromatic N) is 2. The number of hydrogen-bond acceptors (Lipinski definition) is 5. The molecule has 0 aliphatic carbocycles. The zero-order chi connectivity index (χ0) is 19.8. The van der Waals surface area contributed by atoms with Crippen molar-refractivity contribution in [2.45, 2.75) is 19.8 Å². The van der Waals surface area contributed by atoms with E-state index in [1.807, 2.05) is 49.4 Å². The molecule has 3 rings (SSSR count). The van der Waals surface area contributed by atoms with Crippen LogP contribution in [0.1, 0.15) is 17.0 Å². The molecule has 1 heterocycles. The Balaban J connectivity index is 1.49. The van der Waals surface area contributed by atoms with Gasteiger partial charge in [0.25, 0.3) is 0 Å². The van der Waals surface area contributed by atoms with Crippen LogP contribution in [0.25, 0.3) is 0 Å². The van der Waals surface area contributed by atoms with Gasteiger partial charge in [-0.1, -0.05) is 35.9 Å². The second-order valence-corrected chi connectivity index (χ2v) is 6.95. The first kappa shape index (κ1) is 20.0. The summed E-state index contributed by atoms with van der Waals surface area (Å²) in [6, 6.07) is 18.0. The van der Waals surface area contributed by atoms with Crippen LogP contribution in [0.2, 0.25) is 5.02 Å². The van der Waals surface area contributed by atoms with Crippen LogP contribution in [-0.2, 0) is 12.8 Å². The fourth-order valence-corrected chi connectivity index (χ4v) is 2.99. The molecule has 0 unspecified atom stereocenters. The first-order valence-corrected chi connectivity index (χ1v) is 9.71. The first-order valence-electron chi connectivity index (χ1n) is 9.33. The van der Waals surface area contributed by atoms with Gasteiger partial charge in [-0.2, -0.15) is 0 Å². The van der Waals surface area contributed by atoms with Crippen molar-refractivity contribution in [2.75, 3.05) is 30.8 Å². The van der Waals surface area contributed by atoms with E-state index in [0.29, 0.717) is 0 Å². The number of rotatable bonds is 9. The van der Waals surface area contributed by atoms with E-state index in [4.69, 9.17) is 16.3 Å². The summed E-state index contributed by atoms with van der Waals surface area (Å²) in [7, 11) is 1.68. The summed E-state index contributed by atoms with van der Waals surface area (Å²) >= 11 is 5.93. The number of halogens is 1. The molecule has 0 amide bonds. The first-order chi connectivity index (χ1) is 13.6. The summed E-state index contributed by atoms with van der Waals surface area (Å²) < 4.78 is 5.19. The lowest BCUT2D eigenvalue weighted by atomic mass is 10.1. The summed E-state index contributed by atoms with van der Waals surface area (Å²) in [6.45, 7) is 3.50. The van der Waals surface area contributed by atoms with Gasteiger partial charge in [0.2, 0.25) is 0 Å². The maximum Gasteiger partial charge on any atom is 0.131 e. The van der Waals surface area contributed by atoms with E-state index >= 15 is 0 Å². The Morgan fingerprint density at radius 3 is 1.82 bits per heavy atom. The van der Waals surface area contributed by atoms with Crippen molar-refractivity contribution in [3.05, 3.63) is 76.6 Å². The number of aryl methyl sites for hydroxylation is 1. The maximum absolute atomic E-state index is 5.93. The lowest BCUT2D eigenvalue weighted by molar-refractivity contribution is 0.414. The fraction of sp³-hybridized carbons (Fsp3) is 0.273. The lowest BCUT2D eigenvalue weighted by Gasteiger charge is -2.11. The number of hydrogen-bond donors (Lipinski definition) is 2. The standard InChI is InChI=1S/C22H25ClN4O/c1-16-26-21(24-13-11-17-3-7-19(23)8-4-17)15-22(27-16)25-14-12-18-5-9-20(28-2)10-6-18/h3-10,15H,11-14H2,1-2H3,(H2,24,25,26,27). The van der Waals surface area contributed by atoms with Crippen LogP contribution in [0.15, 0.2) is 54.6 Å². The molecule has 0 aliphatic heterocycles. The van der Waals surface area contributed by atoms with Gasteiger partial charge in [0.15, 0.2) is 0 Å². The summed E-state index contributed by atoms with van der Waals surface area (Å²) in [5.41, 5.74) is 2.49. The predicted octanol–water partition coefficient (Wildman–Crippen LogP) is 4.76. The second-order valence-electron chi connectivity index (χ2n) is 6.51. The Morgan fingerprint density at radius 1 is 0.821 bits per heavy atom. The van der Waals surface area contributed by atoms with E-state index in [2.05, 4.69) is 32.7 Å². The largest absolute Gasteiger partial charge is 0.497 e. The van der Waals surface area contributed by atoms with Gasteiger partial charge in [0, 0.05) is 24.2 Å². The molecular weight excluding hydrogens is 372 g/mol. The third-order valence-electron chi connectivity index (χ3n) is 4.35. The number of nitrogens with one attached hydrogen (secondary N) is 2. The van der Waals surface area contributed by atoms with E-state index in [9.17, 15) is 0 Å². The van der Waals surface area contributed by atoms with Crippen LogP contribution < -0.4 is 15.4 Å². The molecule has 0 fully saturated rings. The van der Waals surface area contributed by atoms with Gasteiger partial charge < -0.3 is 15.4 Å². The smallest absolute Gasteiger partial charge is 0.131 e. The monoisotopic (exact) mass is 396 g/mol. The third kappa shape index (κ3) is 6.13. The van der Waals surface area contributed by atoms with E-state index in [-0.39, 0.29) is 0 Å². The highest BCUT2D eigenvalue weighted by molar-refractivity contribution is 6.30. The van der Waals surface area contributed by atoms with Crippen molar-refractivity contribution >= 4 is 23.2 Å². The summed E-state index contributed by atoms with van der Waals surface area (Å²) in [5, 5.41) is 7.51. The van der Waals surface area contributed by atoms with Gasteiger partial charge in [0.05, 0.1) is 7.11 Å². The summed E-state index contributed by atoms with van der Waals surface area (Å²) in [4.78, 5) is 8.94. The van der Waals surface area contributed by atoms with Gasteiger partial charge in [-0.15, -0.1) is 0 Å². The molecule has 0 spiro atoms. The highest BCUT2D eigenvalue weighted by Crippen LogP contribution is 2.14. The average molecular weight is 397 g/mol. The highest BCUT2D eigenvalue weighted by atomic mass is 35.5. The van der Waals surface area contributed by atoms with Gasteiger partial charge in [-0.25, -0.2) is 9.97 Å². The van der Waals surface area contributed by atoms with Crippen LogP contribution in [0, 0.1) is 6.92 Å². The molecule has 3 aromatic rings. The fourth-order valence-electron chi connectivity index (χ4n) is 2.86. The third-order valence-corrected chi connectivity index (χ3v) is 4.60. The molecule has 0 aliphatic rings. The van der Waals surface area contributed by atoms with Gasteiger partial charge >= 0.3 is 0 Å². The van der Waals surface area contributed by atoms with E-state index < -0.39 is 0 Å². The highest BCUT2D eigenvalue weighted by Gasteiger charge is 2.03. The number of anilines is 2. The Hall–Kier alpha value is -2.79. The van der Waals surface area contributed by atoms with Gasteiger partial charge in [-0.05, 0) is 55.2 Å². The minimum absolute atomic E-state index is 0.739. The van der Waals surface area contributed by atoms with Crippen LogP contribution >= 0.6 is 11.6 Å². The maximum atomic E-state index is 5.93. The lowest BCUT2D eigenvalue weighted by Crippen LogP contribution is -2.11. The quantitative estimate of drug-likeness (QED) is 0.546. The van der Waals surface area contributed by atoms with Crippen LogP contribution in [0.5, 0.6) is 5.75 Å². The van der Waals surface area contributed by atoms with E-state index in [1.54, 1.807) is 7.11 Å². The molecule has 5 nitrogen and oxygen atoms in total. The van der Waals surface area contributed by atoms with Crippen molar-refractivity contribution < 1.29 is 4.74 Å². The second kappa shape index (κ2) is 9.95. The molecule has 0 saturated carbocycles. The van der Waals surface area contributed by atoms with Crippen molar-refractivity contribution in [2.24, 2.45) is 0 Å². The van der Waals surface area contributed by atoms with Crippen molar-refractivity contribution in [3.63, 3.8) is 0 Å². The van der Waals surface area contributed by atoms with Crippen molar-refractivity contribution in [1.29, 1.82) is 0 Å². The zero-order valence-electron chi connectivity index (χ0n) is 16.2. The molecule has 0 saturated heterocycles. The minimum atomic E-state index is 0.739. The minimum Gasteiger partial charge on any atom is -0.497 e. The molecule has 1 aromatic heterocycles. The van der Waals surface area contributed by atoms with Gasteiger partial charge in [-0.3, -0.25) is 0 Å². The molecule has 2 N–H and O–H groups in total. The van der Waals surface area contributed by atoms with Crippen LogP contribution in [-0.4, -0.2) is 30.2 Å². The van der Waals surface area contributed by atoms with Crippen molar-refractivity contribution in [3.8, 4) is 5.75 Å². The van der Waals surface area contributed by atoms with Gasteiger partial charge in [0.1, 0.15) is 23.2 Å². The molecule has 0 radical (unpaired) electrons. The molecule has 2 aromatic carbocycles. The summed E-state index contributed by atoms with van der Waals surface area (Å²) in [6.07, 6.45) is 1.81. The van der Waals surface area contributed by atoms with Crippen LogP contribution in [0.3, 0.4) is 0 Å². The van der Waals surface area contributed by atoms with E-state index in [1.165, 1.54) is 11.1 Å². The SMILES string of the molecule is COc1ccc(CCNc2cc(NCCc3ccc(Cl)cc3)nc(C)n2)cc1. The number of aromatic nitrogens is 2. The molecule has 6 heteroatoms. The molecule has 146 valence electrons. The van der Waals surface area contributed by atoms with Crippen molar-refractivity contribution in [1.82, 2.24) is 9.97 Å².